The summed E-state index contributed by atoms with van der Waals surface area (Å²) in [5.74, 6) is 0.775. The minimum atomic E-state index is -3.39. The zero-order valence-corrected chi connectivity index (χ0v) is 14.2. The van der Waals surface area contributed by atoms with Crippen LogP contribution in [0.4, 0.5) is 0 Å². The minimum absolute atomic E-state index is 0.0640. The van der Waals surface area contributed by atoms with Crippen molar-refractivity contribution >= 4 is 9.84 Å². The number of fused-ring (bicyclic) bond motifs is 3. The Bertz CT molecular complexity index is 892. The Hall–Kier alpha value is -1.87. The SMILES string of the molecule is CC1(C)/C(=C\S(=O)(=O)c2ccccc2)[C@H]2c3ccccc3C[C@H]21. The van der Waals surface area contributed by atoms with E-state index in [1.54, 1.807) is 24.3 Å². The zero-order valence-electron chi connectivity index (χ0n) is 13.4. The molecule has 4 rings (SSSR count). The molecule has 3 heteroatoms. The van der Waals surface area contributed by atoms with Crippen LogP contribution in [0.15, 0.2) is 70.5 Å². The summed E-state index contributed by atoms with van der Waals surface area (Å²) >= 11 is 0. The molecule has 0 aromatic heterocycles. The molecule has 1 fully saturated rings. The molecule has 2 atom stereocenters. The highest BCUT2D eigenvalue weighted by Crippen LogP contribution is 2.65. The summed E-state index contributed by atoms with van der Waals surface area (Å²) in [5.41, 5.74) is 3.67. The molecule has 118 valence electrons. The second kappa shape index (κ2) is 4.81. The Morgan fingerprint density at radius 3 is 2.39 bits per heavy atom. The van der Waals surface area contributed by atoms with Gasteiger partial charge >= 0.3 is 0 Å². The van der Waals surface area contributed by atoms with Crippen LogP contribution in [0.3, 0.4) is 0 Å². The Morgan fingerprint density at radius 2 is 1.65 bits per heavy atom. The predicted octanol–water partition coefficient (Wildman–Crippen LogP) is 4.34. The van der Waals surface area contributed by atoms with E-state index in [1.807, 2.05) is 6.07 Å². The molecule has 2 aliphatic carbocycles. The maximum absolute atomic E-state index is 12.7. The van der Waals surface area contributed by atoms with Gasteiger partial charge in [-0.1, -0.05) is 56.3 Å². The molecular weight excluding hydrogens is 304 g/mol. The van der Waals surface area contributed by atoms with Crippen LogP contribution in [0.25, 0.3) is 0 Å². The van der Waals surface area contributed by atoms with Crippen LogP contribution < -0.4 is 0 Å². The molecule has 0 amide bonds. The van der Waals surface area contributed by atoms with E-state index < -0.39 is 9.84 Å². The molecule has 23 heavy (non-hydrogen) atoms. The lowest BCUT2D eigenvalue weighted by molar-refractivity contribution is 0.148. The first-order valence-corrected chi connectivity index (χ1v) is 9.56. The summed E-state index contributed by atoms with van der Waals surface area (Å²) in [6, 6.07) is 17.1. The third-order valence-electron chi connectivity index (χ3n) is 5.59. The van der Waals surface area contributed by atoms with Crippen LogP contribution in [-0.2, 0) is 16.3 Å². The fraction of sp³-hybridized carbons (Fsp3) is 0.300. The molecule has 0 N–H and O–H groups in total. The molecule has 0 saturated heterocycles. The highest BCUT2D eigenvalue weighted by Gasteiger charge is 2.56. The van der Waals surface area contributed by atoms with Crippen molar-refractivity contribution in [1.29, 1.82) is 0 Å². The first-order valence-electron chi connectivity index (χ1n) is 8.01. The summed E-state index contributed by atoms with van der Waals surface area (Å²) in [6.07, 6.45) is 1.05. The Morgan fingerprint density at radius 1 is 1.00 bits per heavy atom. The average Bonchev–Trinajstić information content (AvgIpc) is 2.91. The van der Waals surface area contributed by atoms with Crippen molar-refractivity contribution in [3.63, 3.8) is 0 Å². The number of hydrogen-bond acceptors (Lipinski definition) is 2. The van der Waals surface area contributed by atoms with Gasteiger partial charge in [0.1, 0.15) is 0 Å². The number of benzene rings is 2. The molecule has 0 radical (unpaired) electrons. The lowest BCUT2D eigenvalue weighted by atomic mass is 9.53. The Kier molecular flexibility index (Phi) is 3.08. The van der Waals surface area contributed by atoms with Gasteiger partial charge in [0.2, 0.25) is 0 Å². The molecule has 1 saturated carbocycles. The lowest BCUT2D eigenvalue weighted by Crippen LogP contribution is -2.43. The molecule has 2 aliphatic rings. The number of allylic oxidation sites excluding steroid dienone is 1. The smallest absolute Gasteiger partial charge is 0.199 e. The van der Waals surface area contributed by atoms with E-state index in [1.165, 1.54) is 16.5 Å². The standard InChI is InChI=1S/C20H20O2S/c1-20(2)17-12-14-8-6-7-11-16(14)19(17)18(20)13-23(21,22)15-9-4-3-5-10-15/h3-11,13,17,19H,12H2,1-2H3/b18-13-/t17-,19+/m1/s1. The summed E-state index contributed by atoms with van der Waals surface area (Å²) in [7, 11) is -3.39. The van der Waals surface area contributed by atoms with Crippen LogP contribution >= 0.6 is 0 Å². The second-order valence-electron chi connectivity index (χ2n) is 7.14. The van der Waals surface area contributed by atoms with E-state index in [4.69, 9.17) is 0 Å². The second-order valence-corrected chi connectivity index (χ2v) is 8.94. The van der Waals surface area contributed by atoms with Crippen LogP contribution in [0.1, 0.15) is 30.9 Å². The van der Waals surface area contributed by atoms with Gasteiger partial charge in [0.15, 0.2) is 9.84 Å². The normalized spacial score (nSPS) is 26.4. The van der Waals surface area contributed by atoms with Crippen LogP contribution in [-0.4, -0.2) is 8.42 Å². The van der Waals surface area contributed by atoms with Gasteiger partial charge in [0, 0.05) is 11.3 Å². The van der Waals surface area contributed by atoms with Crippen LogP contribution in [0, 0.1) is 11.3 Å². The van der Waals surface area contributed by atoms with Gasteiger partial charge < -0.3 is 0 Å². The number of hydrogen-bond donors (Lipinski definition) is 0. The Balaban J connectivity index is 1.80. The number of rotatable bonds is 2. The lowest BCUT2D eigenvalue weighted by Gasteiger charge is -2.51. The molecule has 2 aromatic rings. The predicted molar refractivity (Wildman–Crippen MR) is 91.9 cm³/mol. The quantitative estimate of drug-likeness (QED) is 0.823. The van der Waals surface area contributed by atoms with Crippen molar-refractivity contribution in [2.24, 2.45) is 11.3 Å². The van der Waals surface area contributed by atoms with Gasteiger partial charge in [-0.15, -0.1) is 0 Å². The van der Waals surface area contributed by atoms with Crippen molar-refractivity contribution in [3.05, 3.63) is 76.7 Å². The van der Waals surface area contributed by atoms with Crippen molar-refractivity contribution < 1.29 is 8.42 Å². The molecule has 0 unspecified atom stereocenters. The van der Waals surface area contributed by atoms with E-state index >= 15 is 0 Å². The van der Waals surface area contributed by atoms with Crippen molar-refractivity contribution in [2.45, 2.75) is 31.1 Å². The van der Waals surface area contributed by atoms with Crippen LogP contribution in [0.5, 0.6) is 0 Å². The van der Waals surface area contributed by atoms with Gasteiger partial charge in [-0.05, 0) is 46.6 Å². The molecule has 0 aliphatic heterocycles. The van der Waals surface area contributed by atoms with E-state index in [2.05, 4.69) is 38.1 Å². The van der Waals surface area contributed by atoms with E-state index in [9.17, 15) is 8.42 Å². The molecule has 2 aromatic carbocycles. The maximum atomic E-state index is 12.7. The van der Waals surface area contributed by atoms with Gasteiger partial charge in [-0.3, -0.25) is 0 Å². The van der Waals surface area contributed by atoms with Gasteiger partial charge in [0.05, 0.1) is 4.90 Å². The molecule has 0 heterocycles. The third kappa shape index (κ3) is 2.10. The largest absolute Gasteiger partial charge is 0.219 e. The highest BCUT2D eigenvalue weighted by atomic mass is 32.2. The highest BCUT2D eigenvalue weighted by molar-refractivity contribution is 7.94. The fourth-order valence-corrected chi connectivity index (χ4v) is 5.70. The van der Waals surface area contributed by atoms with E-state index in [0.29, 0.717) is 10.8 Å². The zero-order chi connectivity index (χ0) is 16.2. The van der Waals surface area contributed by atoms with Crippen LogP contribution in [0.2, 0.25) is 0 Å². The van der Waals surface area contributed by atoms with Gasteiger partial charge in [0.25, 0.3) is 0 Å². The Labute approximate surface area is 137 Å². The molecule has 2 nitrogen and oxygen atoms in total. The summed E-state index contributed by atoms with van der Waals surface area (Å²) in [5, 5.41) is 1.53. The summed E-state index contributed by atoms with van der Waals surface area (Å²) in [6.45, 7) is 4.35. The van der Waals surface area contributed by atoms with Crippen molar-refractivity contribution in [2.75, 3.05) is 0 Å². The van der Waals surface area contributed by atoms with Crippen molar-refractivity contribution in [3.8, 4) is 0 Å². The fourth-order valence-electron chi connectivity index (χ4n) is 4.24. The monoisotopic (exact) mass is 324 g/mol. The third-order valence-corrected chi connectivity index (χ3v) is 7.09. The first-order chi connectivity index (χ1) is 10.9. The number of sulfone groups is 1. The molecule has 0 bridgehead atoms. The first kappa shape index (κ1) is 14.7. The topological polar surface area (TPSA) is 34.1 Å². The van der Waals surface area contributed by atoms with Gasteiger partial charge in [-0.25, -0.2) is 8.42 Å². The average molecular weight is 324 g/mol. The minimum Gasteiger partial charge on any atom is -0.219 e. The molecular formula is C20H20O2S. The van der Waals surface area contributed by atoms with Gasteiger partial charge in [-0.2, -0.15) is 0 Å². The molecule has 0 spiro atoms. The summed E-state index contributed by atoms with van der Waals surface area (Å²) in [4.78, 5) is 0.373. The van der Waals surface area contributed by atoms with Crippen molar-refractivity contribution in [1.82, 2.24) is 0 Å². The summed E-state index contributed by atoms with van der Waals surface area (Å²) < 4.78 is 25.5. The maximum Gasteiger partial charge on any atom is 0.199 e. The van der Waals surface area contributed by atoms with E-state index in [0.717, 1.165) is 12.0 Å². The van der Waals surface area contributed by atoms with E-state index in [-0.39, 0.29) is 11.3 Å².